The topological polar surface area (TPSA) is 99.8 Å². The lowest BCUT2D eigenvalue weighted by Crippen LogP contribution is -2.46. The molecule has 148 valence electrons. The molecule has 1 aliphatic rings. The van der Waals surface area contributed by atoms with Gasteiger partial charge in [0.1, 0.15) is 6.04 Å². The highest BCUT2D eigenvalue weighted by atomic mass is 16.5. The summed E-state index contributed by atoms with van der Waals surface area (Å²) < 4.78 is 5.27. The summed E-state index contributed by atoms with van der Waals surface area (Å²) in [6.45, 7) is 8.26. The third kappa shape index (κ3) is 6.99. The first-order valence-corrected chi connectivity index (χ1v) is 9.13. The molecule has 1 aromatic carbocycles. The van der Waals surface area contributed by atoms with Crippen molar-refractivity contribution >= 4 is 29.1 Å². The van der Waals surface area contributed by atoms with E-state index < -0.39 is 6.04 Å². The number of nitrogens with zero attached hydrogens (tertiary/aromatic N) is 1. The standard InChI is InChI=1S/C19H28N4O4/c1-13(2)18(20-14(3)24)19(26)22-16-6-4-15(5-7-16)21-17(25)12-23-8-10-27-11-9-23/h4-7,13,18H,8-12H2,1-3H3,(H,20,24)(H,21,25)(H,22,26). The average molecular weight is 376 g/mol. The molecular weight excluding hydrogens is 348 g/mol. The number of morpholine rings is 1. The van der Waals surface area contributed by atoms with E-state index in [2.05, 4.69) is 16.0 Å². The summed E-state index contributed by atoms with van der Waals surface area (Å²) in [7, 11) is 0. The maximum absolute atomic E-state index is 12.4. The first kappa shape index (κ1) is 20.9. The predicted molar refractivity (Wildman–Crippen MR) is 103 cm³/mol. The number of hydrogen-bond acceptors (Lipinski definition) is 5. The van der Waals surface area contributed by atoms with Crippen LogP contribution in [-0.4, -0.2) is 61.5 Å². The van der Waals surface area contributed by atoms with Gasteiger partial charge in [-0.15, -0.1) is 0 Å². The summed E-state index contributed by atoms with van der Waals surface area (Å²) in [5.74, 6) is -0.640. The molecule has 0 aromatic heterocycles. The van der Waals surface area contributed by atoms with Gasteiger partial charge in [0.15, 0.2) is 0 Å². The van der Waals surface area contributed by atoms with Gasteiger partial charge in [0.05, 0.1) is 19.8 Å². The van der Waals surface area contributed by atoms with E-state index in [0.29, 0.717) is 31.1 Å². The second kappa shape index (κ2) is 10.0. The Morgan fingerprint density at radius 2 is 1.59 bits per heavy atom. The zero-order valence-electron chi connectivity index (χ0n) is 16.1. The highest BCUT2D eigenvalue weighted by molar-refractivity contribution is 5.97. The lowest BCUT2D eigenvalue weighted by Gasteiger charge is -2.25. The molecule has 1 heterocycles. The number of carbonyl (C=O) groups excluding carboxylic acids is 3. The third-order valence-corrected chi connectivity index (χ3v) is 4.22. The van der Waals surface area contributed by atoms with E-state index in [0.717, 1.165) is 13.1 Å². The second-order valence-corrected chi connectivity index (χ2v) is 6.93. The van der Waals surface area contributed by atoms with Gasteiger partial charge < -0.3 is 20.7 Å². The van der Waals surface area contributed by atoms with Gasteiger partial charge in [-0.25, -0.2) is 0 Å². The summed E-state index contributed by atoms with van der Waals surface area (Å²) in [4.78, 5) is 37.8. The second-order valence-electron chi connectivity index (χ2n) is 6.93. The van der Waals surface area contributed by atoms with E-state index in [1.165, 1.54) is 6.92 Å². The first-order valence-electron chi connectivity index (χ1n) is 9.13. The first-order chi connectivity index (χ1) is 12.8. The number of ether oxygens (including phenoxy) is 1. The van der Waals surface area contributed by atoms with Gasteiger partial charge in [0, 0.05) is 31.4 Å². The van der Waals surface area contributed by atoms with Crippen LogP contribution < -0.4 is 16.0 Å². The van der Waals surface area contributed by atoms with Crippen LogP contribution in [0.4, 0.5) is 11.4 Å². The molecule has 8 heteroatoms. The quantitative estimate of drug-likeness (QED) is 0.661. The van der Waals surface area contributed by atoms with E-state index in [1.807, 2.05) is 18.7 Å². The molecule has 1 atom stereocenters. The molecule has 27 heavy (non-hydrogen) atoms. The van der Waals surface area contributed by atoms with Gasteiger partial charge >= 0.3 is 0 Å². The molecule has 1 fully saturated rings. The van der Waals surface area contributed by atoms with Gasteiger partial charge in [-0.3, -0.25) is 19.3 Å². The van der Waals surface area contributed by atoms with Crippen LogP contribution in [-0.2, 0) is 19.1 Å². The van der Waals surface area contributed by atoms with Crippen LogP contribution in [0.1, 0.15) is 20.8 Å². The van der Waals surface area contributed by atoms with E-state index in [1.54, 1.807) is 24.3 Å². The molecule has 1 unspecified atom stereocenters. The minimum atomic E-state index is -0.601. The molecule has 0 aliphatic carbocycles. The minimum Gasteiger partial charge on any atom is -0.379 e. The Hall–Kier alpha value is -2.45. The molecule has 1 saturated heterocycles. The van der Waals surface area contributed by atoms with Crippen molar-refractivity contribution in [2.75, 3.05) is 43.5 Å². The van der Waals surface area contributed by atoms with Gasteiger partial charge in [0.2, 0.25) is 17.7 Å². The Bertz CT molecular complexity index is 654. The van der Waals surface area contributed by atoms with Crippen molar-refractivity contribution in [1.82, 2.24) is 10.2 Å². The van der Waals surface area contributed by atoms with Crippen molar-refractivity contribution in [3.05, 3.63) is 24.3 Å². The average Bonchev–Trinajstić information content (AvgIpc) is 2.61. The Balaban J connectivity index is 1.87. The largest absolute Gasteiger partial charge is 0.379 e. The van der Waals surface area contributed by atoms with Crippen LogP contribution in [0.25, 0.3) is 0 Å². The molecule has 0 spiro atoms. The zero-order chi connectivity index (χ0) is 19.8. The van der Waals surface area contributed by atoms with Crippen molar-refractivity contribution in [3.63, 3.8) is 0 Å². The fraction of sp³-hybridized carbons (Fsp3) is 0.526. The fourth-order valence-electron chi connectivity index (χ4n) is 2.77. The van der Waals surface area contributed by atoms with Gasteiger partial charge in [-0.2, -0.15) is 0 Å². The van der Waals surface area contributed by atoms with Crippen LogP contribution in [0, 0.1) is 5.92 Å². The van der Waals surface area contributed by atoms with E-state index in [-0.39, 0.29) is 23.6 Å². The van der Waals surface area contributed by atoms with Crippen LogP contribution in [0.15, 0.2) is 24.3 Å². The number of amides is 3. The summed E-state index contributed by atoms with van der Waals surface area (Å²) in [6.07, 6.45) is 0. The summed E-state index contributed by atoms with van der Waals surface area (Å²) >= 11 is 0. The van der Waals surface area contributed by atoms with Gasteiger partial charge in [-0.05, 0) is 30.2 Å². The van der Waals surface area contributed by atoms with Crippen molar-refractivity contribution in [3.8, 4) is 0 Å². The molecular formula is C19H28N4O4. The lowest BCUT2D eigenvalue weighted by molar-refractivity contribution is -0.126. The van der Waals surface area contributed by atoms with Crippen molar-refractivity contribution in [2.45, 2.75) is 26.8 Å². The predicted octanol–water partition coefficient (Wildman–Crippen LogP) is 1.06. The van der Waals surface area contributed by atoms with Crippen LogP contribution in [0.2, 0.25) is 0 Å². The molecule has 8 nitrogen and oxygen atoms in total. The van der Waals surface area contributed by atoms with Crippen molar-refractivity contribution in [2.24, 2.45) is 5.92 Å². The van der Waals surface area contributed by atoms with E-state index in [4.69, 9.17) is 4.74 Å². The number of benzene rings is 1. The number of nitrogens with one attached hydrogen (secondary N) is 3. The third-order valence-electron chi connectivity index (χ3n) is 4.22. The fourth-order valence-corrected chi connectivity index (χ4v) is 2.77. The van der Waals surface area contributed by atoms with Gasteiger partial charge in [-0.1, -0.05) is 13.8 Å². The number of carbonyl (C=O) groups is 3. The zero-order valence-corrected chi connectivity index (χ0v) is 16.1. The van der Waals surface area contributed by atoms with Crippen LogP contribution in [0.5, 0.6) is 0 Å². The summed E-state index contributed by atoms with van der Waals surface area (Å²) in [5.41, 5.74) is 1.26. The van der Waals surface area contributed by atoms with Crippen LogP contribution >= 0.6 is 0 Å². The summed E-state index contributed by atoms with van der Waals surface area (Å²) in [5, 5.41) is 8.29. The van der Waals surface area contributed by atoms with Crippen molar-refractivity contribution in [1.29, 1.82) is 0 Å². The Labute approximate surface area is 159 Å². The highest BCUT2D eigenvalue weighted by Gasteiger charge is 2.23. The van der Waals surface area contributed by atoms with Crippen molar-refractivity contribution < 1.29 is 19.1 Å². The molecule has 1 aliphatic heterocycles. The molecule has 3 amide bonds. The maximum atomic E-state index is 12.4. The molecule has 2 rings (SSSR count). The molecule has 0 bridgehead atoms. The SMILES string of the molecule is CC(=O)NC(C(=O)Nc1ccc(NC(=O)CN2CCOCC2)cc1)C(C)C. The lowest BCUT2D eigenvalue weighted by atomic mass is 10.0. The molecule has 0 saturated carbocycles. The minimum absolute atomic E-state index is 0.0346. The van der Waals surface area contributed by atoms with E-state index in [9.17, 15) is 14.4 Å². The Kier molecular flexibility index (Phi) is 7.75. The molecule has 3 N–H and O–H groups in total. The smallest absolute Gasteiger partial charge is 0.247 e. The van der Waals surface area contributed by atoms with E-state index >= 15 is 0 Å². The maximum Gasteiger partial charge on any atom is 0.247 e. The Morgan fingerprint density at radius 1 is 1.04 bits per heavy atom. The normalized spacial score (nSPS) is 15.9. The number of rotatable bonds is 7. The number of hydrogen-bond donors (Lipinski definition) is 3. The van der Waals surface area contributed by atoms with Gasteiger partial charge in [0.25, 0.3) is 0 Å². The Morgan fingerprint density at radius 3 is 2.11 bits per heavy atom. The molecule has 1 aromatic rings. The molecule has 0 radical (unpaired) electrons. The summed E-state index contributed by atoms with van der Waals surface area (Å²) in [6, 6.07) is 6.29. The van der Waals surface area contributed by atoms with Crippen LogP contribution in [0.3, 0.4) is 0 Å². The number of anilines is 2. The monoisotopic (exact) mass is 376 g/mol. The highest BCUT2D eigenvalue weighted by Crippen LogP contribution is 2.15.